The maximum Gasteiger partial charge on any atom is 0.411 e. The van der Waals surface area contributed by atoms with Crippen molar-refractivity contribution in [2.24, 2.45) is 5.73 Å². The van der Waals surface area contributed by atoms with Crippen LogP contribution in [0.4, 0.5) is 10.5 Å². The Hall–Kier alpha value is -2.38. The van der Waals surface area contributed by atoms with E-state index in [9.17, 15) is 4.79 Å². The minimum Gasteiger partial charge on any atom is -0.448 e. The van der Waals surface area contributed by atoms with Gasteiger partial charge in [-0.1, -0.05) is 48.5 Å². The first-order valence-electron chi connectivity index (χ1n) is 9.62. The van der Waals surface area contributed by atoms with E-state index in [2.05, 4.69) is 52.2 Å². The number of rotatable bonds is 4. The molecule has 148 valence electrons. The lowest BCUT2D eigenvalue weighted by Crippen LogP contribution is -2.19. The van der Waals surface area contributed by atoms with E-state index in [-0.39, 0.29) is 5.92 Å². The van der Waals surface area contributed by atoms with Gasteiger partial charge >= 0.3 is 6.09 Å². The third kappa shape index (κ3) is 3.65. The normalized spacial score (nSPS) is 12.4. The van der Waals surface area contributed by atoms with Crippen molar-refractivity contribution in [2.75, 3.05) is 11.9 Å². The van der Waals surface area contributed by atoms with E-state index in [4.69, 9.17) is 10.5 Å². The van der Waals surface area contributed by atoms with E-state index in [0.717, 1.165) is 25.9 Å². The number of nitrogens with two attached hydrogens (primary N) is 1. The number of hydrogen-bond donors (Lipinski definition) is 2. The van der Waals surface area contributed by atoms with Crippen LogP contribution in [0.3, 0.4) is 0 Å². The van der Waals surface area contributed by atoms with Gasteiger partial charge in [0.25, 0.3) is 0 Å². The summed E-state index contributed by atoms with van der Waals surface area (Å²) in [5.74, 6) is 0.0482. The van der Waals surface area contributed by atoms with Crippen LogP contribution < -0.4 is 11.1 Å². The standard InChI is InChI=1S/C24H23IN2O2/c1-14-16(12-26)11-22(15(2)23(14)25)27-24(28)29-13-21-19-9-5-3-7-17(19)18-8-4-6-10-20(18)21/h3-11,21H,12-13,26H2,1-2H3,(H,27,28). The monoisotopic (exact) mass is 498 g/mol. The Morgan fingerprint density at radius 3 is 2.21 bits per heavy atom. The minimum atomic E-state index is -0.447. The fourth-order valence-electron chi connectivity index (χ4n) is 4.02. The zero-order valence-electron chi connectivity index (χ0n) is 16.5. The molecule has 1 aliphatic rings. The second kappa shape index (κ2) is 8.16. The van der Waals surface area contributed by atoms with Crippen molar-refractivity contribution in [1.29, 1.82) is 0 Å². The number of carbonyl (C=O) groups excluding carboxylic acids is 1. The summed E-state index contributed by atoms with van der Waals surface area (Å²) in [6.07, 6.45) is -0.447. The predicted octanol–water partition coefficient (Wildman–Crippen LogP) is 5.73. The molecule has 0 saturated carbocycles. The van der Waals surface area contributed by atoms with Gasteiger partial charge in [-0.2, -0.15) is 0 Å². The Bertz CT molecular complexity index is 1050. The lowest BCUT2D eigenvalue weighted by molar-refractivity contribution is 0.158. The first-order valence-corrected chi connectivity index (χ1v) is 10.7. The Labute approximate surface area is 184 Å². The van der Waals surface area contributed by atoms with Gasteiger partial charge in [0.15, 0.2) is 0 Å². The van der Waals surface area contributed by atoms with Gasteiger partial charge < -0.3 is 10.5 Å². The van der Waals surface area contributed by atoms with Gasteiger partial charge in [0.1, 0.15) is 6.61 Å². The molecule has 1 amide bonds. The predicted molar refractivity (Wildman–Crippen MR) is 125 cm³/mol. The second-order valence-corrected chi connectivity index (χ2v) is 8.38. The summed E-state index contributed by atoms with van der Waals surface area (Å²) in [5, 5.41) is 2.90. The van der Waals surface area contributed by atoms with Crippen molar-refractivity contribution in [3.8, 4) is 11.1 Å². The van der Waals surface area contributed by atoms with E-state index in [1.54, 1.807) is 0 Å². The van der Waals surface area contributed by atoms with Crippen molar-refractivity contribution in [2.45, 2.75) is 26.3 Å². The van der Waals surface area contributed by atoms with E-state index in [1.807, 2.05) is 44.2 Å². The third-order valence-electron chi connectivity index (χ3n) is 5.66. The highest BCUT2D eigenvalue weighted by Crippen LogP contribution is 2.44. The molecule has 0 aliphatic heterocycles. The molecule has 1 aliphatic carbocycles. The molecule has 0 bridgehead atoms. The number of ether oxygens (including phenoxy) is 1. The van der Waals surface area contributed by atoms with Gasteiger partial charge in [0.05, 0.1) is 0 Å². The Morgan fingerprint density at radius 1 is 1.03 bits per heavy atom. The summed E-state index contributed by atoms with van der Waals surface area (Å²) in [6.45, 7) is 4.77. The molecule has 3 aromatic carbocycles. The van der Waals surface area contributed by atoms with Crippen molar-refractivity contribution in [1.82, 2.24) is 0 Å². The van der Waals surface area contributed by atoms with Crippen molar-refractivity contribution in [3.05, 3.63) is 86.0 Å². The number of nitrogens with one attached hydrogen (secondary N) is 1. The first kappa shape index (κ1) is 19.9. The van der Waals surface area contributed by atoms with Crippen LogP contribution in [0, 0.1) is 17.4 Å². The molecule has 0 fully saturated rings. The lowest BCUT2D eigenvalue weighted by Gasteiger charge is -2.17. The van der Waals surface area contributed by atoms with Crippen LogP contribution in [0.25, 0.3) is 11.1 Å². The molecule has 0 radical (unpaired) electrons. The highest BCUT2D eigenvalue weighted by atomic mass is 127. The van der Waals surface area contributed by atoms with Crippen LogP contribution in [0.15, 0.2) is 54.6 Å². The van der Waals surface area contributed by atoms with Crippen LogP contribution in [0.2, 0.25) is 0 Å². The van der Waals surface area contributed by atoms with Crippen molar-refractivity contribution in [3.63, 3.8) is 0 Å². The Morgan fingerprint density at radius 2 is 1.62 bits per heavy atom. The van der Waals surface area contributed by atoms with E-state index < -0.39 is 6.09 Å². The lowest BCUT2D eigenvalue weighted by atomic mass is 9.98. The number of fused-ring (bicyclic) bond motifs is 3. The van der Waals surface area contributed by atoms with Crippen LogP contribution in [0.1, 0.15) is 33.7 Å². The van der Waals surface area contributed by atoms with Crippen LogP contribution >= 0.6 is 22.6 Å². The molecule has 0 saturated heterocycles. The molecule has 0 atom stereocenters. The molecule has 3 N–H and O–H groups in total. The van der Waals surface area contributed by atoms with E-state index in [0.29, 0.717) is 13.2 Å². The smallest absolute Gasteiger partial charge is 0.411 e. The molecule has 4 rings (SSSR count). The molecule has 5 heteroatoms. The molecule has 4 nitrogen and oxygen atoms in total. The van der Waals surface area contributed by atoms with Gasteiger partial charge in [0.2, 0.25) is 0 Å². The highest BCUT2D eigenvalue weighted by molar-refractivity contribution is 14.1. The SMILES string of the molecule is Cc1c(CN)cc(NC(=O)OCC2c3ccccc3-c3ccccc32)c(C)c1I. The van der Waals surface area contributed by atoms with E-state index >= 15 is 0 Å². The molecular formula is C24H23IN2O2. The van der Waals surface area contributed by atoms with Gasteiger partial charge in [-0.15, -0.1) is 0 Å². The van der Waals surface area contributed by atoms with Gasteiger partial charge in [0, 0.05) is 21.7 Å². The quantitative estimate of drug-likeness (QED) is 0.452. The first-order chi connectivity index (χ1) is 14.0. The summed E-state index contributed by atoms with van der Waals surface area (Å²) in [5.41, 5.74) is 14.6. The molecule has 0 heterocycles. The van der Waals surface area contributed by atoms with Crippen molar-refractivity contribution >= 4 is 34.4 Å². The summed E-state index contributed by atoms with van der Waals surface area (Å²) in [4.78, 5) is 12.6. The fraction of sp³-hybridized carbons (Fsp3) is 0.208. The van der Waals surface area contributed by atoms with Crippen LogP contribution in [-0.2, 0) is 11.3 Å². The van der Waals surface area contributed by atoms with Crippen molar-refractivity contribution < 1.29 is 9.53 Å². The maximum atomic E-state index is 12.6. The highest BCUT2D eigenvalue weighted by Gasteiger charge is 2.29. The number of amides is 1. The average Bonchev–Trinajstić information content (AvgIpc) is 3.06. The molecule has 0 unspecified atom stereocenters. The van der Waals surface area contributed by atoms with E-state index in [1.165, 1.54) is 22.3 Å². The summed E-state index contributed by atoms with van der Waals surface area (Å²) in [6, 6.07) is 18.6. The maximum absolute atomic E-state index is 12.6. The summed E-state index contributed by atoms with van der Waals surface area (Å²) >= 11 is 2.30. The second-order valence-electron chi connectivity index (χ2n) is 7.30. The van der Waals surface area contributed by atoms with Gasteiger partial charge in [-0.3, -0.25) is 5.32 Å². The zero-order chi connectivity index (χ0) is 20.5. The number of carbonyl (C=O) groups is 1. The molecule has 0 aromatic heterocycles. The van der Waals surface area contributed by atoms with Gasteiger partial charge in [-0.05, 0) is 81.4 Å². The molecule has 0 spiro atoms. The third-order valence-corrected chi connectivity index (χ3v) is 7.28. The Kier molecular flexibility index (Phi) is 5.61. The van der Waals surface area contributed by atoms with Crippen LogP contribution in [-0.4, -0.2) is 12.7 Å². The van der Waals surface area contributed by atoms with Crippen LogP contribution in [0.5, 0.6) is 0 Å². The number of anilines is 1. The summed E-state index contributed by atoms with van der Waals surface area (Å²) < 4.78 is 6.77. The minimum absolute atomic E-state index is 0.0482. The molecule has 29 heavy (non-hydrogen) atoms. The fourth-order valence-corrected chi connectivity index (χ4v) is 4.65. The number of halogens is 1. The zero-order valence-corrected chi connectivity index (χ0v) is 18.6. The number of benzene rings is 3. The Balaban J connectivity index is 1.52. The number of hydrogen-bond acceptors (Lipinski definition) is 3. The summed E-state index contributed by atoms with van der Waals surface area (Å²) in [7, 11) is 0. The topological polar surface area (TPSA) is 64.3 Å². The van der Waals surface area contributed by atoms with Gasteiger partial charge in [-0.25, -0.2) is 4.79 Å². The molecular weight excluding hydrogens is 475 g/mol. The largest absolute Gasteiger partial charge is 0.448 e. The average molecular weight is 498 g/mol. The molecule has 3 aromatic rings.